The topological polar surface area (TPSA) is 63.8 Å². The fraction of sp³-hybridized carbons (Fsp3) is 0. The molecule has 5 heteroatoms. The third-order valence-corrected chi connectivity index (χ3v) is 3.19. The van der Waals surface area contributed by atoms with Crippen LogP contribution in [-0.4, -0.2) is 15.0 Å². The Hall–Kier alpha value is -2.53. The van der Waals surface area contributed by atoms with Crippen molar-refractivity contribution in [3.05, 3.63) is 60.6 Å². The van der Waals surface area contributed by atoms with Crippen LogP contribution in [-0.2, 0) is 0 Å². The van der Waals surface area contributed by atoms with E-state index in [0.29, 0.717) is 4.99 Å². The van der Waals surface area contributed by atoms with Gasteiger partial charge in [0.15, 0.2) is 0 Å². The zero-order valence-electron chi connectivity index (χ0n) is 10.6. The number of thiocarbonyl (C=S) groups is 1. The number of para-hydroxylation sites is 1. The molecule has 0 spiro atoms. The molecule has 0 saturated carbocycles. The van der Waals surface area contributed by atoms with Gasteiger partial charge in [-0.25, -0.2) is 0 Å². The second kappa shape index (κ2) is 5.22. The standard InChI is InChI=1S/C15H12N4S/c16-15(20)12-9-18-13-6-2-1-5-11(13)14(12)19-10-4-3-7-17-8-10/h1-9H,(H2,16,20)(H,18,19). The lowest BCUT2D eigenvalue weighted by Crippen LogP contribution is -2.13. The predicted octanol–water partition coefficient (Wildman–Crippen LogP) is 3.01. The molecule has 0 fully saturated rings. The first-order valence-corrected chi connectivity index (χ1v) is 6.51. The molecule has 2 aromatic heterocycles. The average Bonchev–Trinajstić information content (AvgIpc) is 2.48. The van der Waals surface area contributed by atoms with E-state index in [2.05, 4.69) is 15.3 Å². The summed E-state index contributed by atoms with van der Waals surface area (Å²) in [5, 5.41) is 4.30. The van der Waals surface area contributed by atoms with Crippen LogP contribution in [0.3, 0.4) is 0 Å². The smallest absolute Gasteiger partial charge is 0.107 e. The third-order valence-electron chi connectivity index (χ3n) is 2.97. The fourth-order valence-electron chi connectivity index (χ4n) is 2.04. The lowest BCUT2D eigenvalue weighted by Gasteiger charge is -2.13. The van der Waals surface area contributed by atoms with Crippen LogP contribution in [0.4, 0.5) is 11.4 Å². The van der Waals surface area contributed by atoms with Crippen molar-refractivity contribution in [1.82, 2.24) is 9.97 Å². The largest absolute Gasteiger partial charge is 0.389 e. The van der Waals surface area contributed by atoms with Gasteiger partial charge in [0.2, 0.25) is 0 Å². The Morgan fingerprint density at radius 2 is 1.95 bits per heavy atom. The van der Waals surface area contributed by atoms with E-state index in [1.807, 2.05) is 36.4 Å². The van der Waals surface area contributed by atoms with Crippen LogP contribution < -0.4 is 11.1 Å². The Kier molecular flexibility index (Phi) is 3.26. The molecule has 3 rings (SSSR count). The highest BCUT2D eigenvalue weighted by Crippen LogP contribution is 2.28. The molecule has 0 aliphatic rings. The predicted molar refractivity (Wildman–Crippen MR) is 85.2 cm³/mol. The van der Waals surface area contributed by atoms with E-state index in [9.17, 15) is 0 Å². The monoisotopic (exact) mass is 280 g/mol. The first-order valence-electron chi connectivity index (χ1n) is 6.10. The molecule has 1 aromatic carbocycles. The molecule has 0 saturated heterocycles. The number of fused-ring (bicyclic) bond motifs is 1. The van der Waals surface area contributed by atoms with Gasteiger partial charge < -0.3 is 11.1 Å². The molecule has 3 aromatic rings. The van der Waals surface area contributed by atoms with Crippen molar-refractivity contribution < 1.29 is 0 Å². The number of pyridine rings is 2. The number of hydrogen-bond donors (Lipinski definition) is 2. The maximum absolute atomic E-state index is 5.80. The SMILES string of the molecule is NC(=S)c1cnc2ccccc2c1Nc1cccnc1. The molecule has 4 nitrogen and oxygen atoms in total. The van der Waals surface area contributed by atoms with Gasteiger partial charge in [-0.2, -0.15) is 0 Å². The second-order valence-electron chi connectivity index (χ2n) is 4.29. The molecule has 0 amide bonds. The van der Waals surface area contributed by atoms with E-state index in [-0.39, 0.29) is 0 Å². The molecule has 0 aliphatic carbocycles. The van der Waals surface area contributed by atoms with Crippen molar-refractivity contribution in [3.8, 4) is 0 Å². The third kappa shape index (κ3) is 2.31. The summed E-state index contributed by atoms with van der Waals surface area (Å²) in [5.41, 5.74) is 9.14. The Morgan fingerprint density at radius 1 is 1.10 bits per heavy atom. The number of nitrogens with one attached hydrogen (secondary N) is 1. The normalized spacial score (nSPS) is 10.4. The van der Waals surface area contributed by atoms with Gasteiger partial charge in [-0.3, -0.25) is 9.97 Å². The van der Waals surface area contributed by atoms with Gasteiger partial charge in [0.05, 0.1) is 28.7 Å². The molecule has 3 N–H and O–H groups in total. The Balaban J connectivity index is 2.20. The van der Waals surface area contributed by atoms with Crippen LogP contribution in [0.25, 0.3) is 10.9 Å². The van der Waals surface area contributed by atoms with Crippen LogP contribution in [0.15, 0.2) is 55.0 Å². The molecule has 20 heavy (non-hydrogen) atoms. The van der Waals surface area contributed by atoms with Crippen molar-refractivity contribution in [3.63, 3.8) is 0 Å². The van der Waals surface area contributed by atoms with Gasteiger partial charge in [-0.15, -0.1) is 0 Å². The van der Waals surface area contributed by atoms with Gasteiger partial charge in [-0.05, 0) is 18.2 Å². The maximum atomic E-state index is 5.80. The van der Waals surface area contributed by atoms with Crippen molar-refractivity contribution in [1.29, 1.82) is 0 Å². The summed E-state index contributed by atoms with van der Waals surface area (Å²) in [5.74, 6) is 0. The van der Waals surface area contributed by atoms with Crippen molar-refractivity contribution in [2.75, 3.05) is 5.32 Å². The quantitative estimate of drug-likeness (QED) is 0.722. The molecule has 0 atom stereocenters. The van der Waals surface area contributed by atoms with Gasteiger partial charge in [0.25, 0.3) is 0 Å². The molecule has 0 aliphatic heterocycles. The summed E-state index contributed by atoms with van der Waals surface area (Å²) < 4.78 is 0. The highest BCUT2D eigenvalue weighted by Gasteiger charge is 2.11. The highest BCUT2D eigenvalue weighted by molar-refractivity contribution is 7.80. The van der Waals surface area contributed by atoms with Crippen LogP contribution >= 0.6 is 12.2 Å². The average molecular weight is 280 g/mol. The zero-order chi connectivity index (χ0) is 13.9. The fourth-order valence-corrected chi connectivity index (χ4v) is 2.20. The van der Waals surface area contributed by atoms with Crippen LogP contribution in [0.5, 0.6) is 0 Å². The van der Waals surface area contributed by atoms with Crippen molar-refractivity contribution >= 4 is 39.5 Å². The van der Waals surface area contributed by atoms with Crippen LogP contribution in [0.2, 0.25) is 0 Å². The minimum Gasteiger partial charge on any atom is -0.389 e. The lowest BCUT2D eigenvalue weighted by molar-refractivity contribution is 1.32. The van der Waals surface area contributed by atoms with Gasteiger partial charge in [-0.1, -0.05) is 30.4 Å². The number of hydrogen-bond acceptors (Lipinski definition) is 4. The number of benzene rings is 1. The molecule has 98 valence electrons. The van der Waals surface area contributed by atoms with E-state index < -0.39 is 0 Å². The maximum Gasteiger partial charge on any atom is 0.107 e. The molecule has 0 unspecified atom stereocenters. The summed E-state index contributed by atoms with van der Waals surface area (Å²) in [7, 11) is 0. The summed E-state index contributed by atoms with van der Waals surface area (Å²) in [6.45, 7) is 0. The summed E-state index contributed by atoms with van der Waals surface area (Å²) in [6.07, 6.45) is 5.17. The first-order chi connectivity index (χ1) is 9.75. The van der Waals surface area contributed by atoms with E-state index >= 15 is 0 Å². The van der Waals surface area contributed by atoms with Crippen molar-refractivity contribution in [2.24, 2.45) is 5.73 Å². The zero-order valence-corrected chi connectivity index (χ0v) is 11.4. The molecular weight excluding hydrogens is 268 g/mol. The van der Waals surface area contributed by atoms with Gasteiger partial charge in [0, 0.05) is 17.8 Å². The lowest BCUT2D eigenvalue weighted by atomic mass is 10.1. The Labute approximate surface area is 121 Å². The van der Waals surface area contributed by atoms with Crippen LogP contribution in [0, 0.1) is 0 Å². The second-order valence-corrected chi connectivity index (χ2v) is 4.73. The Morgan fingerprint density at radius 3 is 2.70 bits per heavy atom. The molecule has 0 bridgehead atoms. The van der Waals surface area contributed by atoms with E-state index in [1.165, 1.54) is 0 Å². The number of nitrogens with zero attached hydrogens (tertiary/aromatic N) is 2. The summed E-state index contributed by atoms with van der Waals surface area (Å²) in [4.78, 5) is 8.79. The summed E-state index contributed by atoms with van der Waals surface area (Å²) >= 11 is 5.11. The van der Waals surface area contributed by atoms with E-state index in [0.717, 1.165) is 27.8 Å². The first kappa shape index (κ1) is 12.5. The molecule has 0 radical (unpaired) electrons. The molecule has 2 heterocycles. The van der Waals surface area contributed by atoms with E-state index in [1.54, 1.807) is 18.6 Å². The number of nitrogens with two attached hydrogens (primary N) is 1. The Bertz CT molecular complexity index is 771. The minimum atomic E-state index is 0.314. The van der Waals surface area contributed by atoms with Gasteiger partial charge >= 0.3 is 0 Å². The number of rotatable bonds is 3. The molecular formula is C15H12N4S. The van der Waals surface area contributed by atoms with E-state index in [4.69, 9.17) is 18.0 Å². The van der Waals surface area contributed by atoms with Crippen molar-refractivity contribution in [2.45, 2.75) is 0 Å². The summed E-state index contributed by atoms with van der Waals surface area (Å²) in [6, 6.07) is 11.7. The number of anilines is 2. The highest BCUT2D eigenvalue weighted by atomic mass is 32.1. The minimum absolute atomic E-state index is 0.314. The number of aromatic nitrogens is 2. The van der Waals surface area contributed by atoms with Crippen LogP contribution in [0.1, 0.15) is 5.56 Å². The van der Waals surface area contributed by atoms with Gasteiger partial charge in [0.1, 0.15) is 4.99 Å².